The van der Waals surface area contributed by atoms with Gasteiger partial charge in [-0.3, -0.25) is 9.59 Å². The van der Waals surface area contributed by atoms with Gasteiger partial charge in [0, 0.05) is 38.5 Å². The van der Waals surface area contributed by atoms with Gasteiger partial charge in [-0.2, -0.15) is 11.0 Å². The molecular weight excluding hydrogens is 336 g/mol. The van der Waals surface area contributed by atoms with Gasteiger partial charge in [0.1, 0.15) is 11.6 Å². The highest BCUT2D eigenvalue weighted by atomic mass is 16.7. The first-order chi connectivity index (χ1) is 11.7. The van der Waals surface area contributed by atoms with Crippen LogP contribution in [0.1, 0.15) is 58.8 Å². The molecule has 25 heavy (non-hydrogen) atoms. The van der Waals surface area contributed by atoms with Gasteiger partial charge in [0.2, 0.25) is 0 Å². The number of carbonyl (C=O) groups excluding carboxylic acids is 6. The average Bonchev–Trinajstić information content (AvgIpc) is 2.54. The molecule has 0 saturated heterocycles. The molecule has 0 aliphatic carbocycles. The lowest BCUT2D eigenvalue weighted by molar-refractivity contribution is -0.160. The molecule has 10 heteroatoms. The van der Waals surface area contributed by atoms with E-state index in [0.717, 1.165) is 0 Å². The van der Waals surface area contributed by atoms with E-state index < -0.39 is 23.8 Å². The van der Waals surface area contributed by atoms with Crippen LogP contribution in [0, 0.1) is 0 Å². The molecule has 0 spiro atoms. The van der Waals surface area contributed by atoms with Gasteiger partial charge in [-0.1, -0.05) is 0 Å². The molecule has 0 aliphatic heterocycles. The summed E-state index contributed by atoms with van der Waals surface area (Å²) in [6, 6.07) is 0. The van der Waals surface area contributed by atoms with Crippen LogP contribution < -0.4 is 11.0 Å². The normalized spacial score (nSPS) is 9.68. The Morgan fingerprint density at radius 1 is 0.600 bits per heavy atom. The van der Waals surface area contributed by atoms with E-state index in [4.69, 9.17) is 0 Å². The SMILES string of the molecule is CC(=O)CCC(=O)NOC(=O)CCCC(=O)ONC(=O)CCC(C)=O. The van der Waals surface area contributed by atoms with Crippen molar-refractivity contribution in [3.63, 3.8) is 0 Å². The van der Waals surface area contributed by atoms with Crippen LogP contribution in [0.15, 0.2) is 0 Å². The minimum absolute atomic E-state index is 0.0490. The highest BCUT2D eigenvalue weighted by Crippen LogP contribution is 1.99. The number of hydrogen-bond acceptors (Lipinski definition) is 8. The van der Waals surface area contributed by atoms with Crippen molar-refractivity contribution in [2.75, 3.05) is 0 Å². The number of hydroxylamine groups is 2. The van der Waals surface area contributed by atoms with E-state index in [1.165, 1.54) is 13.8 Å². The molecule has 0 fully saturated rings. The zero-order valence-electron chi connectivity index (χ0n) is 14.2. The van der Waals surface area contributed by atoms with Gasteiger partial charge in [0.15, 0.2) is 0 Å². The summed E-state index contributed by atoms with van der Waals surface area (Å²) in [5.41, 5.74) is 3.80. The quantitative estimate of drug-likeness (QED) is 0.521. The molecule has 2 N–H and O–H groups in total. The number of amides is 2. The lowest BCUT2D eigenvalue weighted by Gasteiger charge is -2.06. The van der Waals surface area contributed by atoms with Crippen molar-refractivity contribution in [3.8, 4) is 0 Å². The first kappa shape index (κ1) is 22.2. The Bertz CT molecular complexity index is 484. The predicted octanol–water partition coefficient (Wildman–Crippen LogP) is 0.0439. The summed E-state index contributed by atoms with van der Waals surface area (Å²) in [4.78, 5) is 75.3. The van der Waals surface area contributed by atoms with Crippen molar-refractivity contribution in [2.24, 2.45) is 0 Å². The molecule has 0 radical (unpaired) electrons. The van der Waals surface area contributed by atoms with Gasteiger partial charge in [0.25, 0.3) is 11.8 Å². The number of Topliss-reactive ketones (excluding diaryl/α,β-unsaturated/α-hetero) is 2. The van der Waals surface area contributed by atoms with Crippen LogP contribution in [0.25, 0.3) is 0 Å². The van der Waals surface area contributed by atoms with Crippen molar-refractivity contribution in [1.29, 1.82) is 0 Å². The van der Waals surface area contributed by atoms with Crippen LogP contribution in [0.3, 0.4) is 0 Å². The molecule has 0 aromatic rings. The minimum Gasteiger partial charge on any atom is -0.341 e. The molecule has 0 aliphatic rings. The van der Waals surface area contributed by atoms with E-state index in [1.54, 1.807) is 0 Å². The Hall–Kier alpha value is -2.78. The van der Waals surface area contributed by atoms with Gasteiger partial charge in [0.05, 0.1) is 0 Å². The third-order valence-corrected chi connectivity index (χ3v) is 2.73. The van der Waals surface area contributed by atoms with E-state index in [9.17, 15) is 28.8 Å². The zero-order chi connectivity index (χ0) is 19.2. The summed E-state index contributed by atoms with van der Waals surface area (Å²) in [6.07, 6.45) is -0.289. The molecule has 0 atom stereocenters. The fraction of sp³-hybridized carbons (Fsp3) is 0.600. The summed E-state index contributed by atoms with van der Waals surface area (Å²) in [6.45, 7) is 2.67. The molecule has 2 amide bonds. The lowest BCUT2D eigenvalue weighted by Crippen LogP contribution is -2.28. The molecule has 140 valence electrons. The van der Waals surface area contributed by atoms with Gasteiger partial charge in [-0.25, -0.2) is 9.59 Å². The van der Waals surface area contributed by atoms with E-state index >= 15 is 0 Å². The summed E-state index contributed by atoms with van der Waals surface area (Å²) < 4.78 is 0. The summed E-state index contributed by atoms with van der Waals surface area (Å²) in [5, 5.41) is 0. The van der Waals surface area contributed by atoms with E-state index in [0.29, 0.717) is 0 Å². The Morgan fingerprint density at radius 2 is 0.960 bits per heavy atom. The third kappa shape index (κ3) is 14.5. The Balaban J connectivity index is 3.74. The van der Waals surface area contributed by atoms with Crippen molar-refractivity contribution in [1.82, 2.24) is 11.0 Å². The molecule has 0 aromatic heterocycles. The van der Waals surface area contributed by atoms with Crippen LogP contribution in [-0.2, 0) is 38.4 Å². The van der Waals surface area contributed by atoms with Crippen LogP contribution in [0.2, 0.25) is 0 Å². The molecule has 0 saturated carbocycles. The molecule has 0 unspecified atom stereocenters. The topological polar surface area (TPSA) is 145 Å². The van der Waals surface area contributed by atoms with Gasteiger partial charge in [-0.15, -0.1) is 0 Å². The smallest absolute Gasteiger partial charge is 0.332 e. The first-order valence-electron chi connectivity index (χ1n) is 7.66. The highest BCUT2D eigenvalue weighted by Gasteiger charge is 2.11. The number of nitrogens with one attached hydrogen (secondary N) is 2. The Labute approximate surface area is 144 Å². The number of carbonyl (C=O) groups is 6. The maximum atomic E-state index is 11.3. The second kappa shape index (κ2) is 12.6. The van der Waals surface area contributed by atoms with Crippen molar-refractivity contribution >= 4 is 35.3 Å². The van der Waals surface area contributed by atoms with Crippen LogP contribution in [0.5, 0.6) is 0 Å². The van der Waals surface area contributed by atoms with Gasteiger partial charge < -0.3 is 19.3 Å². The fourth-order valence-corrected chi connectivity index (χ4v) is 1.39. The molecular formula is C15H22N2O8. The molecule has 0 aromatic carbocycles. The lowest BCUT2D eigenvalue weighted by atomic mass is 10.2. The van der Waals surface area contributed by atoms with E-state index in [2.05, 4.69) is 9.68 Å². The summed E-state index contributed by atoms with van der Waals surface area (Å²) in [5.74, 6) is -3.03. The van der Waals surface area contributed by atoms with Crippen LogP contribution in [0.4, 0.5) is 0 Å². The Morgan fingerprint density at radius 3 is 1.28 bits per heavy atom. The van der Waals surface area contributed by atoms with E-state index in [-0.39, 0.29) is 56.5 Å². The minimum atomic E-state index is -0.755. The predicted molar refractivity (Wildman–Crippen MR) is 82.2 cm³/mol. The standard InChI is InChI=1S/C15H22N2O8/c1-10(18)6-8-12(20)16-24-14(22)4-3-5-15(23)25-17-13(21)9-7-11(2)19/h3-9H2,1-2H3,(H,16,20)(H,17,21). The second-order valence-corrected chi connectivity index (χ2v) is 5.26. The number of hydrogen-bond donors (Lipinski definition) is 2. The average molecular weight is 358 g/mol. The molecule has 10 nitrogen and oxygen atoms in total. The molecule has 0 rings (SSSR count). The monoisotopic (exact) mass is 358 g/mol. The van der Waals surface area contributed by atoms with Crippen LogP contribution >= 0.6 is 0 Å². The molecule has 0 heterocycles. The maximum Gasteiger partial charge on any atom is 0.332 e. The number of ketones is 2. The molecule has 0 bridgehead atoms. The summed E-state index contributed by atoms with van der Waals surface area (Å²) in [7, 11) is 0. The van der Waals surface area contributed by atoms with Gasteiger partial charge in [-0.05, 0) is 20.3 Å². The third-order valence-electron chi connectivity index (χ3n) is 2.73. The van der Waals surface area contributed by atoms with Crippen molar-refractivity contribution in [2.45, 2.75) is 58.8 Å². The van der Waals surface area contributed by atoms with Crippen molar-refractivity contribution in [3.05, 3.63) is 0 Å². The van der Waals surface area contributed by atoms with Crippen molar-refractivity contribution < 1.29 is 38.4 Å². The Kier molecular flexibility index (Phi) is 11.2. The first-order valence-corrected chi connectivity index (χ1v) is 7.66. The highest BCUT2D eigenvalue weighted by molar-refractivity contribution is 5.84. The van der Waals surface area contributed by atoms with E-state index in [1.807, 2.05) is 11.0 Å². The van der Waals surface area contributed by atoms with Gasteiger partial charge >= 0.3 is 11.9 Å². The number of rotatable bonds is 10. The maximum absolute atomic E-state index is 11.3. The second-order valence-electron chi connectivity index (χ2n) is 5.26. The summed E-state index contributed by atoms with van der Waals surface area (Å²) >= 11 is 0. The largest absolute Gasteiger partial charge is 0.341 e. The zero-order valence-corrected chi connectivity index (χ0v) is 14.2. The van der Waals surface area contributed by atoms with Crippen LogP contribution in [-0.4, -0.2) is 35.3 Å². The fourth-order valence-electron chi connectivity index (χ4n) is 1.39.